The number of rotatable bonds is 5. The molecule has 0 fully saturated rings. The van der Waals surface area contributed by atoms with Gasteiger partial charge in [-0.15, -0.1) is 0 Å². The molecule has 0 spiro atoms. The number of para-hydroxylation sites is 1. The van der Waals surface area contributed by atoms with Crippen molar-refractivity contribution < 1.29 is 27.7 Å². The molecule has 2 amide bonds. The van der Waals surface area contributed by atoms with Gasteiger partial charge in [0.2, 0.25) is 0 Å². The third-order valence-corrected chi connectivity index (χ3v) is 4.19. The SMILES string of the molecule is O=C(Nc1ccccc1C(=O)Nc1cccc(C(F)(F)F)c1)c1cccc([N+](=O)[O-])c1. The van der Waals surface area contributed by atoms with E-state index in [9.17, 15) is 32.9 Å². The zero-order chi connectivity index (χ0) is 22.6. The Balaban J connectivity index is 1.82. The number of amides is 2. The molecule has 158 valence electrons. The van der Waals surface area contributed by atoms with Gasteiger partial charge in [0.25, 0.3) is 17.5 Å². The van der Waals surface area contributed by atoms with Gasteiger partial charge in [-0.25, -0.2) is 0 Å². The number of nitro benzene ring substituents is 1. The van der Waals surface area contributed by atoms with Crippen molar-refractivity contribution in [2.75, 3.05) is 10.6 Å². The Morgan fingerprint density at radius 1 is 0.839 bits per heavy atom. The van der Waals surface area contributed by atoms with Crippen molar-refractivity contribution in [3.8, 4) is 0 Å². The first kappa shape index (κ1) is 21.5. The molecule has 0 saturated heterocycles. The van der Waals surface area contributed by atoms with Crippen LogP contribution in [0.4, 0.5) is 30.2 Å². The van der Waals surface area contributed by atoms with E-state index in [-0.39, 0.29) is 28.2 Å². The Morgan fingerprint density at radius 3 is 2.26 bits per heavy atom. The molecule has 0 radical (unpaired) electrons. The smallest absolute Gasteiger partial charge is 0.322 e. The van der Waals surface area contributed by atoms with Gasteiger partial charge in [0.1, 0.15) is 0 Å². The molecule has 0 atom stereocenters. The summed E-state index contributed by atoms with van der Waals surface area (Å²) < 4.78 is 38.6. The van der Waals surface area contributed by atoms with Crippen molar-refractivity contribution in [3.63, 3.8) is 0 Å². The highest BCUT2D eigenvalue weighted by molar-refractivity contribution is 6.12. The van der Waals surface area contributed by atoms with Crippen molar-refractivity contribution >= 4 is 28.9 Å². The molecule has 0 aromatic heterocycles. The summed E-state index contributed by atoms with van der Waals surface area (Å²) in [5.41, 5.74) is -1.18. The Kier molecular flexibility index (Phi) is 6.00. The maximum Gasteiger partial charge on any atom is 0.416 e. The number of halogens is 3. The summed E-state index contributed by atoms with van der Waals surface area (Å²) in [5.74, 6) is -1.43. The molecule has 10 heteroatoms. The first-order chi connectivity index (χ1) is 14.6. The number of carbonyl (C=O) groups excluding carboxylic acids is 2. The van der Waals surface area contributed by atoms with Gasteiger partial charge in [-0.2, -0.15) is 13.2 Å². The molecule has 2 N–H and O–H groups in total. The lowest BCUT2D eigenvalue weighted by atomic mass is 10.1. The summed E-state index contributed by atoms with van der Waals surface area (Å²) >= 11 is 0. The number of non-ortho nitro benzene ring substituents is 1. The second-order valence-corrected chi connectivity index (χ2v) is 6.34. The lowest BCUT2D eigenvalue weighted by Gasteiger charge is -2.13. The van der Waals surface area contributed by atoms with Gasteiger partial charge in [0.05, 0.1) is 21.7 Å². The van der Waals surface area contributed by atoms with Gasteiger partial charge >= 0.3 is 6.18 Å². The first-order valence-corrected chi connectivity index (χ1v) is 8.78. The van der Waals surface area contributed by atoms with E-state index in [4.69, 9.17) is 0 Å². The van der Waals surface area contributed by atoms with Gasteiger partial charge in [0, 0.05) is 23.4 Å². The molecule has 3 aromatic carbocycles. The Hall–Kier alpha value is -4.21. The Morgan fingerprint density at radius 2 is 1.55 bits per heavy atom. The molecule has 0 bridgehead atoms. The highest BCUT2D eigenvalue weighted by Gasteiger charge is 2.30. The predicted octanol–water partition coefficient (Wildman–Crippen LogP) is 5.12. The zero-order valence-corrected chi connectivity index (χ0v) is 15.6. The minimum atomic E-state index is -4.56. The number of nitrogens with zero attached hydrogens (tertiary/aromatic N) is 1. The fourth-order valence-electron chi connectivity index (χ4n) is 2.72. The fourth-order valence-corrected chi connectivity index (χ4v) is 2.72. The molecule has 3 aromatic rings. The van der Waals surface area contributed by atoms with Crippen LogP contribution in [0.1, 0.15) is 26.3 Å². The molecular formula is C21H14F3N3O4. The normalized spacial score (nSPS) is 10.9. The Bertz CT molecular complexity index is 1160. The molecule has 0 heterocycles. The number of hydrogen-bond acceptors (Lipinski definition) is 4. The van der Waals surface area contributed by atoms with Crippen molar-refractivity contribution in [1.82, 2.24) is 0 Å². The van der Waals surface area contributed by atoms with E-state index >= 15 is 0 Å². The average molecular weight is 429 g/mol. The number of benzene rings is 3. The minimum Gasteiger partial charge on any atom is -0.322 e. The van der Waals surface area contributed by atoms with Crippen molar-refractivity contribution in [3.05, 3.63) is 99.6 Å². The van der Waals surface area contributed by atoms with Gasteiger partial charge in [-0.1, -0.05) is 24.3 Å². The van der Waals surface area contributed by atoms with Crippen LogP contribution in [0.25, 0.3) is 0 Å². The molecule has 0 aliphatic carbocycles. The van der Waals surface area contributed by atoms with E-state index in [1.54, 1.807) is 6.07 Å². The van der Waals surface area contributed by atoms with Crippen LogP contribution in [-0.2, 0) is 6.18 Å². The highest BCUT2D eigenvalue weighted by Crippen LogP contribution is 2.31. The largest absolute Gasteiger partial charge is 0.416 e. The molecular weight excluding hydrogens is 415 g/mol. The fraction of sp³-hybridized carbons (Fsp3) is 0.0476. The number of hydrogen-bond donors (Lipinski definition) is 2. The number of carbonyl (C=O) groups is 2. The first-order valence-electron chi connectivity index (χ1n) is 8.78. The second-order valence-electron chi connectivity index (χ2n) is 6.34. The molecule has 0 saturated carbocycles. The molecule has 0 unspecified atom stereocenters. The van der Waals surface area contributed by atoms with Crippen molar-refractivity contribution in [2.24, 2.45) is 0 Å². The van der Waals surface area contributed by atoms with E-state index in [0.29, 0.717) is 0 Å². The summed E-state index contributed by atoms with van der Waals surface area (Å²) in [6, 6.07) is 15.0. The average Bonchev–Trinajstić information content (AvgIpc) is 2.73. The molecule has 0 aliphatic rings. The van der Waals surface area contributed by atoms with E-state index in [1.165, 1.54) is 42.5 Å². The Labute approximate surface area is 173 Å². The van der Waals surface area contributed by atoms with Crippen molar-refractivity contribution in [2.45, 2.75) is 6.18 Å². The standard InChI is InChI=1S/C21H14F3N3O4/c22-21(23,24)14-6-4-7-15(12-14)25-20(29)17-9-1-2-10-18(17)26-19(28)13-5-3-8-16(11-13)27(30)31/h1-12H,(H,25,29)(H,26,28). The molecule has 31 heavy (non-hydrogen) atoms. The maximum atomic E-state index is 12.9. The highest BCUT2D eigenvalue weighted by atomic mass is 19.4. The van der Waals surface area contributed by atoms with Crippen LogP contribution in [0.2, 0.25) is 0 Å². The van der Waals surface area contributed by atoms with Crippen LogP contribution in [0.3, 0.4) is 0 Å². The molecule has 0 aliphatic heterocycles. The lowest BCUT2D eigenvalue weighted by Crippen LogP contribution is -2.18. The number of nitro groups is 1. The van der Waals surface area contributed by atoms with Crippen LogP contribution < -0.4 is 10.6 Å². The molecule has 7 nitrogen and oxygen atoms in total. The predicted molar refractivity (Wildman–Crippen MR) is 107 cm³/mol. The van der Waals surface area contributed by atoms with Gasteiger partial charge < -0.3 is 10.6 Å². The summed E-state index contributed by atoms with van der Waals surface area (Å²) in [7, 11) is 0. The van der Waals surface area contributed by atoms with Gasteiger partial charge in [0.15, 0.2) is 0 Å². The summed E-state index contributed by atoms with van der Waals surface area (Å²) in [6.07, 6.45) is -4.56. The summed E-state index contributed by atoms with van der Waals surface area (Å²) in [6.45, 7) is 0. The number of anilines is 2. The third kappa shape index (κ3) is 5.24. The summed E-state index contributed by atoms with van der Waals surface area (Å²) in [4.78, 5) is 35.4. The van der Waals surface area contributed by atoms with Crippen LogP contribution in [0.15, 0.2) is 72.8 Å². The quantitative estimate of drug-likeness (QED) is 0.434. The summed E-state index contributed by atoms with van der Waals surface area (Å²) in [5, 5.41) is 15.7. The zero-order valence-electron chi connectivity index (χ0n) is 15.6. The van der Waals surface area contributed by atoms with Crippen LogP contribution in [-0.4, -0.2) is 16.7 Å². The monoisotopic (exact) mass is 429 g/mol. The van der Waals surface area contributed by atoms with Gasteiger partial charge in [-0.3, -0.25) is 19.7 Å². The topological polar surface area (TPSA) is 101 Å². The maximum absolute atomic E-state index is 12.9. The van der Waals surface area contributed by atoms with E-state index in [1.807, 2.05) is 0 Å². The minimum absolute atomic E-state index is 0.00121. The van der Waals surface area contributed by atoms with Crippen LogP contribution in [0.5, 0.6) is 0 Å². The van der Waals surface area contributed by atoms with E-state index < -0.39 is 28.5 Å². The number of alkyl halides is 3. The van der Waals surface area contributed by atoms with Crippen LogP contribution in [0, 0.1) is 10.1 Å². The third-order valence-electron chi connectivity index (χ3n) is 4.19. The number of nitrogens with one attached hydrogen (secondary N) is 2. The van der Waals surface area contributed by atoms with E-state index in [0.717, 1.165) is 24.3 Å². The molecule has 3 rings (SSSR count). The van der Waals surface area contributed by atoms with Crippen molar-refractivity contribution in [1.29, 1.82) is 0 Å². The van der Waals surface area contributed by atoms with Gasteiger partial charge in [-0.05, 0) is 36.4 Å². The van der Waals surface area contributed by atoms with Crippen LogP contribution >= 0.6 is 0 Å². The second kappa shape index (κ2) is 8.66. The lowest BCUT2D eigenvalue weighted by molar-refractivity contribution is -0.384. The van der Waals surface area contributed by atoms with E-state index in [2.05, 4.69) is 10.6 Å².